The van der Waals surface area contributed by atoms with Gasteiger partial charge in [-0.3, -0.25) is 4.79 Å². The molecule has 2 aromatic heterocycles. The topological polar surface area (TPSA) is 69.6 Å². The van der Waals surface area contributed by atoms with Crippen molar-refractivity contribution in [3.63, 3.8) is 0 Å². The number of rotatable bonds is 6. The number of hydrogen-bond acceptors (Lipinski definition) is 5. The summed E-state index contributed by atoms with van der Waals surface area (Å²) in [5.74, 6) is -0.741. The zero-order valence-electron chi connectivity index (χ0n) is 11.8. The third-order valence-electron chi connectivity index (χ3n) is 2.88. The maximum Gasteiger partial charge on any atom is 0.350 e. The van der Waals surface area contributed by atoms with Crippen LogP contribution in [0.15, 0.2) is 29.8 Å². The lowest BCUT2D eigenvalue weighted by Crippen LogP contribution is -2.19. The number of carbonyl (C=O) groups excluding carboxylic acids is 2. The number of carbonyl (C=O) groups is 2. The monoisotopic (exact) mass is 308 g/mol. The van der Waals surface area contributed by atoms with E-state index in [1.54, 1.807) is 35.3 Å². The number of amides is 1. The highest BCUT2D eigenvalue weighted by Gasteiger charge is 2.17. The Kier molecular flexibility index (Phi) is 5.13. The molecule has 21 heavy (non-hydrogen) atoms. The van der Waals surface area contributed by atoms with Gasteiger partial charge in [-0.25, -0.2) is 4.79 Å². The van der Waals surface area contributed by atoms with Crippen molar-refractivity contribution in [3.05, 3.63) is 40.3 Å². The number of hydrogen-bond donors (Lipinski definition) is 1. The molecule has 0 fully saturated rings. The molecule has 0 saturated carbocycles. The molecule has 0 unspecified atom stereocenters. The van der Waals surface area contributed by atoms with Crippen LogP contribution in [0.3, 0.4) is 0 Å². The Morgan fingerprint density at radius 3 is 2.86 bits per heavy atom. The van der Waals surface area contributed by atoms with Crippen molar-refractivity contribution in [2.45, 2.75) is 6.54 Å². The van der Waals surface area contributed by atoms with Gasteiger partial charge in [0.25, 0.3) is 5.91 Å². The van der Waals surface area contributed by atoms with E-state index in [2.05, 4.69) is 10.1 Å². The summed E-state index contributed by atoms with van der Waals surface area (Å²) in [5, 5.41) is 4.46. The summed E-state index contributed by atoms with van der Waals surface area (Å²) in [7, 11) is 2.92. The number of nitrogens with one attached hydrogen (secondary N) is 1. The van der Waals surface area contributed by atoms with Crippen LogP contribution >= 0.6 is 11.3 Å². The molecule has 0 radical (unpaired) electrons. The average Bonchev–Trinajstić information content (AvgIpc) is 3.12. The van der Waals surface area contributed by atoms with E-state index in [1.165, 1.54) is 18.4 Å². The summed E-state index contributed by atoms with van der Waals surface area (Å²) >= 11 is 1.22. The first-order valence-corrected chi connectivity index (χ1v) is 7.16. The lowest BCUT2D eigenvalue weighted by atomic mass is 10.3. The van der Waals surface area contributed by atoms with Gasteiger partial charge < -0.3 is 19.4 Å². The molecule has 0 aliphatic rings. The summed E-state index contributed by atoms with van der Waals surface area (Å²) in [6, 6.07) is 5.19. The Morgan fingerprint density at radius 2 is 2.14 bits per heavy atom. The third-order valence-corrected chi connectivity index (χ3v) is 3.78. The van der Waals surface area contributed by atoms with Crippen molar-refractivity contribution < 1.29 is 19.1 Å². The third kappa shape index (κ3) is 3.50. The molecule has 1 N–H and O–H groups in total. The largest absolute Gasteiger partial charge is 0.465 e. The SMILES string of the molecule is COCCn1cccc1C(=O)Nc1ccsc1C(=O)OC. The number of anilines is 1. The Labute approximate surface area is 126 Å². The molecule has 2 rings (SSSR count). The van der Waals surface area contributed by atoms with Crippen LogP contribution in [0.5, 0.6) is 0 Å². The molecule has 2 aromatic rings. The maximum absolute atomic E-state index is 12.3. The molecule has 0 aliphatic heterocycles. The van der Waals surface area contributed by atoms with Crippen LogP contribution < -0.4 is 5.32 Å². The Hall–Kier alpha value is -2.12. The van der Waals surface area contributed by atoms with Gasteiger partial charge in [-0.1, -0.05) is 0 Å². The molecule has 0 aromatic carbocycles. The van der Waals surface area contributed by atoms with Crippen LogP contribution in [0.25, 0.3) is 0 Å². The van der Waals surface area contributed by atoms with Gasteiger partial charge in [0, 0.05) is 19.9 Å². The zero-order valence-corrected chi connectivity index (χ0v) is 12.6. The fraction of sp³-hybridized carbons (Fsp3) is 0.286. The first kappa shape index (κ1) is 15.3. The van der Waals surface area contributed by atoms with Crippen LogP contribution in [-0.4, -0.2) is 37.3 Å². The second kappa shape index (κ2) is 7.05. The van der Waals surface area contributed by atoms with Crippen LogP contribution in [0, 0.1) is 0 Å². The lowest BCUT2D eigenvalue weighted by Gasteiger charge is -2.09. The summed E-state index contributed by atoms with van der Waals surface area (Å²) in [6.45, 7) is 1.10. The number of ether oxygens (including phenoxy) is 2. The minimum atomic E-state index is -0.463. The van der Waals surface area contributed by atoms with E-state index in [1.807, 2.05) is 6.20 Å². The highest BCUT2D eigenvalue weighted by atomic mass is 32.1. The van der Waals surface area contributed by atoms with E-state index >= 15 is 0 Å². The van der Waals surface area contributed by atoms with Crippen LogP contribution in [-0.2, 0) is 16.0 Å². The van der Waals surface area contributed by atoms with Crippen molar-refractivity contribution >= 4 is 28.9 Å². The fourth-order valence-corrected chi connectivity index (χ4v) is 2.62. The van der Waals surface area contributed by atoms with Crippen molar-refractivity contribution in [1.82, 2.24) is 4.57 Å². The number of thiophene rings is 1. The summed E-state index contributed by atoms with van der Waals surface area (Å²) in [4.78, 5) is 24.3. The molecule has 0 saturated heterocycles. The molecule has 7 heteroatoms. The van der Waals surface area contributed by atoms with Gasteiger partial charge in [-0.2, -0.15) is 0 Å². The van der Waals surface area contributed by atoms with Crippen molar-refractivity contribution in [3.8, 4) is 0 Å². The smallest absolute Gasteiger partial charge is 0.350 e. The van der Waals surface area contributed by atoms with Crippen LogP contribution in [0.2, 0.25) is 0 Å². The number of methoxy groups -OCH3 is 2. The summed E-state index contributed by atoms with van der Waals surface area (Å²) < 4.78 is 11.5. The molecular formula is C14H16N2O4S. The second-order valence-electron chi connectivity index (χ2n) is 4.19. The fourth-order valence-electron chi connectivity index (χ4n) is 1.85. The van der Waals surface area contributed by atoms with Crippen molar-refractivity contribution in [1.29, 1.82) is 0 Å². The van der Waals surface area contributed by atoms with E-state index in [4.69, 9.17) is 4.74 Å². The van der Waals surface area contributed by atoms with E-state index in [-0.39, 0.29) is 5.91 Å². The Bertz CT molecular complexity index is 632. The van der Waals surface area contributed by atoms with E-state index in [0.29, 0.717) is 29.4 Å². The van der Waals surface area contributed by atoms with Gasteiger partial charge >= 0.3 is 5.97 Å². The molecule has 1 amide bonds. The second-order valence-corrected chi connectivity index (χ2v) is 5.10. The van der Waals surface area contributed by atoms with E-state index in [9.17, 15) is 9.59 Å². The minimum absolute atomic E-state index is 0.278. The summed E-state index contributed by atoms with van der Waals surface area (Å²) in [6.07, 6.45) is 1.81. The van der Waals surface area contributed by atoms with E-state index < -0.39 is 5.97 Å². The van der Waals surface area contributed by atoms with Crippen LogP contribution in [0.4, 0.5) is 5.69 Å². The molecule has 112 valence electrons. The van der Waals surface area contributed by atoms with Gasteiger partial charge in [0.05, 0.1) is 19.4 Å². The standard InChI is InChI=1S/C14H16N2O4S/c1-19-8-7-16-6-3-4-11(16)13(17)15-10-5-9-21-12(10)14(18)20-2/h3-6,9H,7-8H2,1-2H3,(H,15,17). The number of esters is 1. The van der Waals surface area contributed by atoms with Crippen molar-refractivity contribution in [2.24, 2.45) is 0 Å². The van der Waals surface area contributed by atoms with Crippen molar-refractivity contribution in [2.75, 3.05) is 26.1 Å². The normalized spacial score (nSPS) is 10.4. The Morgan fingerprint density at radius 1 is 1.33 bits per heavy atom. The van der Waals surface area contributed by atoms with Gasteiger partial charge in [-0.05, 0) is 23.6 Å². The minimum Gasteiger partial charge on any atom is -0.465 e. The van der Waals surface area contributed by atoms with Gasteiger partial charge in [0.2, 0.25) is 0 Å². The highest BCUT2D eigenvalue weighted by molar-refractivity contribution is 7.12. The van der Waals surface area contributed by atoms with E-state index in [0.717, 1.165) is 0 Å². The molecule has 0 bridgehead atoms. The molecule has 0 atom stereocenters. The quantitative estimate of drug-likeness (QED) is 0.831. The molecular weight excluding hydrogens is 292 g/mol. The Balaban J connectivity index is 2.14. The number of nitrogens with zero attached hydrogens (tertiary/aromatic N) is 1. The summed E-state index contributed by atoms with van der Waals surface area (Å²) in [5.41, 5.74) is 0.963. The first-order chi connectivity index (χ1) is 10.2. The molecule has 0 spiro atoms. The predicted molar refractivity (Wildman–Crippen MR) is 79.9 cm³/mol. The molecule has 6 nitrogen and oxygen atoms in total. The zero-order chi connectivity index (χ0) is 15.2. The molecule has 2 heterocycles. The maximum atomic E-state index is 12.3. The lowest BCUT2D eigenvalue weighted by molar-refractivity contribution is 0.0607. The van der Waals surface area contributed by atoms with Gasteiger partial charge in [0.1, 0.15) is 10.6 Å². The molecule has 0 aliphatic carbocycles. The van der Waals surface area contributed by atoms with Gasteiger partial charge in [-0.15, -0.1) is 11.3 Å². The predicted octanol–water partition coefficient (Wildman–Crippen LogP) is 2.23. The number of aromatic nitrogens is 1. The van der Waals surface area contributed by atoms with Gasteiger partial charge in [0.15, 0.2) is 0 Å². The average molecular weight is 308 g/mol. The van der Waals surface area contributed by atoms with Crippen LogP contribution in [0.1, 0.15) is 20.2 Å². The highest BCUT2D eigenvalue weighted by Crippen LogP contribution is 2.23. The first-order valence-electron chi connectivity index (χ1n) is 6.28.